The molecule has 0 aliphatic carbocycles. The van der Waals surface area contributed by atoms with Crippen LogP contribution in [0.3, 0.4) is 0 Å². The molecule has 0 saturated heterocycles. The van der Waals surface area contributed by atoms with Gasteiger partial charge in [-0.3, -0.25) is 4.98 Å². The maximum Gasteiger partial charge on any atom is 0.161 e. The van der Waals surface area contributed by atoms with Crippen LogP contribution < -0.4 is 16.6 Å². The summed E-state index contributed by atoms with van der Waals surface area (Å²) in [5.74, 6) is 6.22. The van der Waals surface area contributed by atoms with Gasteiger partial charge in [0.05, 0.1) is 22.3 Å². The molecule has 0 aliphatic heterocycles. The Hall–Kier alpha value is -1.56. The minimum Gasteiger partial charge on any atom is -0.363 e. The van der Waals surface area contributed by atoms with Gasteiger partial charge in [-0.2, -0.15) is 0 Å². The Balaban J connectivity index is 2.18. The Kier molecular flexibility index (Phi) is 5.00. The molecule has 0 aromatic carbocycles. The van der Waals surface area contributed by atoms with Crippen molar-refractivity contribution in [2.75, 3.05) is 10.7 Å². The van der Waals surface area contributed by atoms with Crippen molar-refractivity contribution in [2.45, 2.75) is 19.9 Å². The largest absolute Gasteiger partial charge is 0.363 e. The molecule has 20 heavy (non-hydrogen) atoms. The minimum absolute atomic E-state index is 0.370. The Bertz CT molecular complexity index is 603. The highest BCUT2D eigenvalue weighted by Gasteiger charge is 2.09. The lowest BCUT2D eigenvalue weighted by atomic mass is 10.1. The van der Waals surface area contributed by atoms with Gasteiger partial charge in [-0.05, 0) is 24.1 Å². The van der Waals surface area contributed by atoms with E-state index >= 15 is 0 Å². The van der Waals surface area contributed by atoms with Crippen molar-refractivity contribution in [3.8, 4) is 0 Å². The summed E-state index contributed by atoms with van der Waals surface area (Å²) in [6.45, 7) is 2.62. The van der Waals surface area contributed by atoms with Crippen LogP contribution >= 0.6 is 23.2 Å². The molecule has 0 aliphatic rings. The number of nitrogens with zero attached hydrogens (tertiary/aromatic N) is 2. The third-order valence-corrected chi connectivity index (χ3v) is 3.43. The van der Waals surface area contributed by atoms with Gasteiger partial charge in [0.1, 0.15) is 5.82 Å². The van der Waals surface area contributed by atoms with Crippen LogP contribution in [0, 0.1) is 0 Å². The molecule has 0 unspecified atom stereocenters. The first kappa shape index (κ1) is 14.8. The van der Waals surface area contributed by atoms with E-state index in [1.807, 2.05) is 12.1 Å². The van der Waals surface area contributed by atoms with E-state index in [2.05, 4.69) is 27.6 Å². The molecule has 7 heteroatoms. The second-order valence-corrected chi connectivity index (χ2v) is 4.92. The predicted octanol–water partition coefficient (Wildman–Crippen LogP) is 3.24. The maximum absolute atomic E-state index is 6.10. The van der Waals surface area contributed by atoms with Crippen LogP contribution in [0.2, 0.25) is 10.0 Å². The fourth-order valence-electron chi connectivity index (χ4n) is 1.81. The molecule has 2 aromatic rings. The van der Waals surface area contributed by atoms with Crippen molar-refractivity contribution in [2.24, 2.45) is 5.84 Å². The average Bonchev–Trinajstić information content (AvgIpc) is 2.46. The molecule has 0 amide bonds. The van der Waals surface area contributed by atoms with Gasteiger partial charge in [-0.15, -0.1) is 0 Å². The molecular weight excluding hydrogens is 297 g/mol. The first-order chi connectivity index (χ1) is 9.65. The fourth-order valence-corrected chi connectivity index (χ4v) is 2.29. The number of aromatic nitrogens is 2. The summed E-state index contributed by atoms with van der Waals surface area (Å²) < 4.78 is 0. The van der Waals surface area contributed by atoms with Crippen molar-refractivity contribution in [1.82, 2.24) is 9.97 Å². The summed E-state index contributed by atoms with van der Waals surface area (Å²) >= 11 is 12.0. The number of rotatable bonds is 5. The molecule has 0 fully saturated rings. The zero-order valence-electron chi connectivity index (χ0n) is 11.0. The van der Waals surface area contributed by atoms with Crippen molar-refractivity contribution in [3.63, 3.8) is 0 Å². The lowest BCUT2D eigenvalue weighted by Gasteiger charge is -2.12. The number of hydrogen-bond acceptors (Lipinski definition) is 5. The number of hydrazine groups is 1. The van der Waals surface area contributed by atoms with E-state index in [1.165, 1.54) is 5.56 Å². The monoisotopic (exact) mass is 311 g/mol. The summed E-state index contributed by atoms with van der Waals surface area (Å²) in [5, 5.41) is 3.95. The molecule has 2 aromatic heterocycles. The van der Waals surface area contributed by atoms with Gasteiger partial charge in [0, 0.05) is 6.20 Å². The second kappa shape index (κ2) is 6.74. The molecule has 2 heterocycles. The number of aryl methyl sites for hydroxylation is 1. The molecule has 2 rings (SSSR count). The van der Waals surface area contributed by atoms with Gasteiger partial charge in [-0.25, -0.2) is 10.8 Å². The first-order valence-corrected chi connectivity index (χ1v) is 6.90. The molecule has 0 bridgehead atoms. The van der Waals surface area contributed by atoms with E-state index < -0.39 is 0 Å². The van der Waals surface area contributed by atoms with Gasteiger partial charge in [0.25, 0.3) is 0 Å². The summed E-state index contributed by atoms with van der Waals surface area (Å²) in [4.78, 5) is 8.58. The van der Waals surface area contributed by atoms with Crippen LogP contribution in [0.4, 0.5) is 11.6 Å². The Morgan fingerprint density at radius 3 is 2.70 bits per heavy atom. The zero-order valence-corrected chi connectivity index (χ0v) is 12.5. The highest BCUT2D eigenvalue weighted by Crippen LogP contribution is 2.28. The third-order valence-electron chi connectivity index (χ3n) is 2.85. The molecule has 0 saturated carbocycles. The summed E-state index contributed by atoms with van der Waals surface area (Å²) in [7, 11) is 0. The van der Waals surface area contributed by atoms with Crippen LogP contribution in [0.25, 0.3) is 0 Å². The number of nitrogens with one attached hydrogen (secondary N) is 2. The minimum atomic E-state index is 0.370. The SMILES string of the molecule is CCc1cccnc1CNc1nc(NN)c(Cl)cc1Cl. The number of hydrogen-bond donors (Lipinski definition) is 3. The summed E-state index contributed by atoms with van der Waals surface area (Å²) in [6.07, 6.45) is 2.68. The topological polar surface area (TPSA) is 75.9 Å². The molecular formula is C13H15Cl2N5. The number of anilines is 2. The van der Waals surface area contributed by atoms with Gasteiger partial charge in [-0.1, -0.05) is 36.2 Å². The van der Waals surface area contributed by atoms with Crippen LogP contribution in [-0.4, -0.2) is 9.97 Å². The Morgan fingerprint density at radius 2 is 2.00 bits per heavy atom. The van der Waals surface area contributed by atoms with Gasteiger partial charge >= 0.3 is 0 Å². The van der Waals surface area contributed by atoms with E-state index in [0.29, 0.717) is 28.2 Å². The maximum atomic E-state index is 6.10. The fraction of sp³-hybridized carbons (Fsp3) is 0.231. The summed E-state index contributed by atoms with van der Waals surface area (Å²) in [5.41, 5.74) is 4.57. The Labute approximate surface area is 127 Å². The quantitative estimate of drug-likeness (QED) is 0.584. The standard InChI is InChI=1S/C13H15Cl2N5/c1-2-8-4-3-5-17-11(8)7-18-12-9(14)6-10(15)13(19-12)20-16/h3-6H,2,7,16H2,1H3,(H2,18,19,20). The van der Waals surface area contributed by atoms with Crippen LogP contribution in [-0.2, 0) is 13.0 Å². The van der Waals surface area contributed by atoms with E-state index in [-0.39, 0.29) is 0 Å². The van der Waals surface area contributed by atoms with Crippen LogP contribution in [0.5, 0.6) is 0 Å². The van der Waals surface area contributed by atoms with E-state index in [4.69, 9.17) is 29.0 Å². The molecule has 0 spiro atoms. The van der Waals surface area contributed by atoms with Gasteiger partial charge < -0.3 is 10.7 Å². The van der Waals surface area contributed by atoms with Gasteiger partial charge in [0.2, 0.25) is 0 Å². The zero-order chi connectivity index (χ0) is 14.5. The third kappa shape index (κ3) is 3.30. The normalized spacial score (nSPS) is 10.4. The van der Waals surface area contributed by atoms with Crippen molar-refractivity contribution in [3.05, 3.63) is 45.7 Å². The number of nitrogens with two attached hydrogens (primary N) is 1. The average molecular weight is 312 g/mol. The lowest BCUT2D eigenvalue weighted by Crippen LogP contribution is -2.12. The molecule has 4 N–H and O–H groups in total. The van der Waals surface area contributed by atoms with Crippen LogP contribution in [0.15, 0.2) is 24.4 Å². The predicted molar refractivity (Wildman–Crippen MR) is 83.0 cm³/mol. The first-order valence-electron chi connectivity index (χ1n) is 6.15. The van der Waals surface area contributed by atoms with E-state index in [0.717, 1.165) is 12.1 Å². The molecule has 5 nitrogen and oxygen atoms in total. The highest BCUT2D eigenvalue weighted by molar-refractivity contribution is 6.37. The number of nitrogen functional groups attached to an aromatic ring is 1. The van der Waals surface area contributed by atoms with Crippen LogP contribution in [0.1, 0.15) is 18.2 Å². The van der Waals surface area contributed by atoms with Crippen molar-refractivity contribution < 1.29 is 0 Å². The van der Waals surface area contributed by atoms with E-state index in [1.54, 1.807) is 12.3 Å². The summed E-state index contributed by atoms with van der Waals surface area (Å²) in [6, 6.07) is 5.56. The molecule has 106 valence electrons. The molecule has 0 radical (unpaired) electrons. The number of pyridine rings is 2. The van der Waals surface area contributed by atoms with Crippen molar-refractivity contribution >= 4 is 34.8 Å². The van der Waals surface area contributed by atoms with Gasteiger partial charge in [0.15, 0.2) is 5.82 Å². The number of halogens is 2. The second-order valence-electron chi connectivity index (χ2n) is 4.11. The highest BCUT2D eigenvalue weighted by atomic mass is 35.5. The van der Waals surface area contributed by atoms with E-state index in [9.17, 15) is 0 Å². The lowest BCUT2D eigenvalue weighted by molar-refractivity contribution is 0.964. The Morgan fingerprint density at radius 1 is 1.25 bits per heavy atom. The van der Waals surface area contributed by atoms with Crippen molar-refractivity contribution in [1.29, 1.82) is 0 Å². The molecule has 0 atom stereocenters. The smallest absolute Gasteiger partial charge is 0.161 e.